The van der Waals surface area contributed by atoms with E-state index in [0.29, 0.717) is 26.3 Å². The van der Waals surface area contributed by atoms with Crippen LogP contribution < -0.4 is 5.32 Å². The molecule has 1 heterocycles. The predicted octanol–water partition coefficient (Wildman–Crippen LogP) is 0.343. The molecule has 2 aliphatic rings. The zero-order valence-corrected chi connectivity index (χ0v) is 12.8. The highest BCUT2D eigenvalue weighted by Crippen LogP contribution is 2.30. The van der Waals surface area contributed by atoms with Crippen molar-refractivity contribution in [3.63, 3.8) is 0 Å². The van der Waals surface area contributed by atoms with Crippen LogP contribution in [-0.4, -0.2) is 56.7 Å². The summed E-state index contributed by atoms with van der Waals surface area (Å²) in [6.07, 6.45) is 3.50. The van der Waals surface area contributed by atoms with E-state index in [1.54, 1.807) is 6.92 Å². The van der Waals surface area contributed by atoms with Gasteiger partial charge in [0.25, 0.3) is 0 Å². The Morgan fingerprint density at radius 2 is 2.05 bits per heavy atom. The molecular formula is C13H24N2O4S. The van der Waals surface area contributed by atoms with Crippen LogP contribution in [0.1, 0.15) is 32.6 Å². The maximum absolute atomic E-state index is 12.3. The lowest BCUT2D eigenvalue weighted by molar-refractivity contribution is -0.128. The molecule has 0 radical (unpaired) electrons. The SMILES string of the molecule is CCS(=O)(=O)N1CCOCCNC(=O)[C@H]2CCCC[C@H]21. The molecule has 1 amide bonds. The minimum absolute atomic E-state index is 0.0310. The summed E-state index contributed by atoms with van der Waals surface area (Å²) >= 11 is 0. The molecule has 116 valence electrons. The largest absolute Gasteiger partial charge is 0.378 e. The van der Waals surface area contributed by atoms with Gasteiger partial charge in [-0.2, -0.15) is 4.31 Å². The number of nitrogens with one attached hydrogen (secondary N) is 1. The molecule has 1 N–H and O–H groups in total. The standard InChI is InChI=1S/C13H24N2O4S/c1-2-20(17,18)15-8-10-19-9-7-14-13(16)11-5-3-4-6-12(11)15/h11-12H,2-10H2,1H3,(H,14,16)/t11-,12+/m0/s1. The van der Waals surface area contributed by atoms with Gasteiger partial charge in [-0.15, -0.1) is 0 Å². The summed E-state index contributed by atoms with van der Waals surface area (Å²) < 4.78 is 31.5. The van der Waals surface area contributed by atoms with Crippen molar-refractivity contribution in [1.82, 2.24) is 9.62 Å². The number of rotatable bonds is 2. The molecule has 7 heteroatoms. The number of hydrogen-bond donors (Lipinski definition) is 1. The second kappa shape index (κ2) is 6.87. The van der Waals surface area contributed by atoms with Crippen LogP contribution in [0.4, 0.5) is 0 Å². The molecule has 0 bridgehead atoms. The second-order valence-electron chi connectivity index (χ2n) is 5.37. The van der Waals surface area contributed by atoms with Gasteiger partial charge in [-0.25, -0.2) is 8.42 Å². The summed E-state index contributed by atoms with van der Waals surface area (Å²) in [6, 6.07) is -0.213. The number of fused-ring (bicyclic) bond motifs is 1. The minimum Gasteiger partial charge on any atom is -0.378 e. The van der Waals surface area contributed by atoms with Crippen LogP contribution in [0.15, 0.2) is 0 Å². The van der Waals surface area contributed by atoms with Gasteiger partial charge in [0.05, 0.1) is 24.9 Å². The van der Waals surface area contributed by atoms with Gasteiger partial charge < -0.3 is 10.1 Å². The smallest absolute Gasteiger partial charge is 0.224 e. The fourth-order valence-corrected chi connectivity index (χ4v) is 4.42. The van der Waals surface area contributed by atoms with Gasteiger partial charge in [-0.3, -0.25) is 4.79 Å². The Kier molecular flexibility index (Phi) is 5.40. The fourth-order valence-electron chi connectivity index (χ4n) is 3.07. The highest BCUT2D eigenvalue weighted by atomic mass is 32.2. The average Bonchev–Trinajstić information content (AvgIpc) is 2.46. The highest BCUT2D eigenvalue weighted by molar-refractivity contribution is 7.89. The fraction of sp³-hybridized carbons (Fsp3) is 0.923. The molecule has 2 fully saturated rings. The van der Waals surface area contributed by atoms with Crippen LogP contribution in [-0.2, 0) is 19.6 Å². The molecule has 2 atom stereocenters. The highest BCUT2D eigenvalue weighted by Gasteiger charge is 2.39. The Bertz CT molecular complexity index is 438. The van der Waals surface area contributed by atoms with Gasteiger partial charge in [-0.05, 0) is 19.8 Å². The molecular weight excluding hydrogens is 280 g/mol. The molecule has 1 aliphatic carbocycles. The monoisotopic (exact) mass is 304 g/mol. The summed E-state index contributed by atoms with van der Waals surface area (Å²) in [5.74, 6) is -0.183. The molecule has 0 aromatic heterocycles. The Morgan fingerprint density at radius 3 is 2.80 bits per heavy atom. The van der Waals surface area contributed by atoms with Crippen molar-refractivity contribution < 1.29 is 17.9 Å². The third kappa shape index (κ3) is 3.51. The van der Waals surface area contributed by atoms with E-state index in [1.165, 1.54) is 4.31 Å². The van der Waals surface area contributed by atoms with Crippen LogP contribution in [0, 0.1) is 5.92 Å². The van der Waals surface area contributed by atoms with E-state index < -0.39 is 10.0 Å². The first-order valence-electron chi connectivity index (χ1n) is 7.41. The molecule has 0 unspecified atom stereocenters. The first kappa shape index (κ1) is 15.7. The van der Waals surface area contributed by atoms with Crippen molar-refractivity contribution in [2.24, 2.45) is 5.92 Å². The van der Waals surface area contributed by atoms with Gasteiger partial charge in [0.15, 0.2) is 0 Å². The van der Waals surface area contributed by atoms with Crippen molar-refractivity contribution in [2.45, 2.75) is 38.6 Å². The summed E-state index contributed by atoms with van der Waals surface area (Å²) in [7, 11) is -3.31. The number of amides is 1. The average molecular weight is 304 g/mol. The maximum Gasteiger partial charge on any atom is 0.224 e. The number of hydrogen-bond acceptors (Lipinski definition) is 4. The third-order valence-corrected chi connectivity index (χ3v) is 6.06. The Labute approximate surface area is 120 Å². The normalized spacial score (nSPS) is 30.4. The van der Waals surface area contributed by atoms with Gasteiger partial charge >= 0.3 is 0 Å². The van der Waals surface area contributed by atoms with E-state index in [-0.39, 0.29) is 23.6 Å². The molecule has 0 aromatic carbocycles. The van der Waals surface area contributed by atoms with Crippen molar-refractivity contribution in [3.8, 4) is 0 Å². The summed E-state index contributed by atoms with van der Waals surface area (Å²) in [6.45, 7) is 3.32. The lowest BCUT2D eigenvalue weighted by Gasteiger charge is -2.38. The molecule has 0 spiro atoms. The number of ether oxygens (including phenoxy) is 1. The molecule has 2 rings (SSSR count). The first-order valence-corrected chi connectivity index (χ1v) is 9.02. The summed E-state index contributed by atoms with van der Waals surface area (Å²) in [5.41, 5.74) is 0. The van der Waals surface area contributed by atoms with E-state index in [4.69, 9.17) is 4.74 Å². The zero-order chi connectivity index (χ0) is 14.6. The molecule has 1 saturated carbocycles. The Hall–Kier alpha value is -0.660. The van der Waals surface area contributed by atoms with Crippen molar-refractivity contribution in [2.75, 3.05) is 32.1 Å². The quantitative estimate of drug-likeness (QED) is 0.798. The second-order valence-corrected chi connectivity index (χ2v) is 7.58. The first-order chi connectivity index (χ1) is 9.56. The van der Waals surface area contributed by atoms with Crippen molar-refractivity contribution >= 4 is 15.9 Å². The van der Waals surface area contributed by atoms with Gasteiger partial charge in [0.1, 0.15) is 0 Å². The van der Waals surface area contributed by atoms with E-state index in [2.05, 4.69) is 5.32 Å². The third-order valence-electron chi connectivity index (χ3n) is 4.16. The number of carbonyl (C=O) groups is 1. The zero-order valence-electron chi connectivity index (χ0n) is 12.0. The van der Waals surface area contributed by atoms with Gasteiger partial charge in [0, 0.05) is 19.1 Å². The van der Waals surface area contributed by atoms with Gasteiger partial charge in [-0.1, -0.05) is 12.8 Å². The molecule has 0 aromatic rings. The molecule has 1 aliphatic heterocycles. The number of sulfonamides is 1. The van der Waals surface area contributed by atoms with E-state index >= 15 is 0 Å². The Balaban J connectivity index is 2.27. The number of carbonyl (C=O) groups excluding carboxylic acids is 1. The van der Waals surface area contributed by atoms with Crippen molar-refractivity contribution in [3.05, 3.63) is 0 Å². The van der Waals surface area contributed by atoms with Crippen LogP contribution in [0.5, 0.6) is 0 Å². The van der Waals surface area contributed by atoms with Crippen LogP contribution in [0.2, 0.25) is 0 Å². The lowest BCUT2D eigenvalue weighted by Crippen LogP contribution is -2.53. The van der Waals surface area contributed by atoms with Crippen LogP contribution in [0.3, 0.4) is 0 Å². The maximum atomic E-state index is 12.3. The Morgan fingerprint density at radius 1 is 1.30 bits per heavy atom. The van der Waals surface area contributed by atoms with E-state index in [1.807, 2.05) is 0 Å². The minimum atomic E-state index is -3.31. The van der Waals surface area contributed by atoms with Gasteiger partial charge in [0.2, 0.25) is 15.9 Å². The van der Waals surface area contributed by atoms with E-state index in [9.17, 15) is 13.2 Å². The topological polar surface area (TPSA) is 75.7 Å². The molecule has 1 saturated heterocycles. The molecule has 20 heavy (non-hydrogen) atoms. The number of nitrogens with zero attached hydrogens (tertiary/aromatic N) is 1. The lowest BCUT2D eigenvalue weighted by atomic mass is 9.83. The summed E-state index contributed by atoms with van der Waals surface area (Å²) in [4.78, 5) is 12.2. The predicted molar refractivity (Wildman–Crippen MR) is 75.7 cm³/mol. The summed E-state index contributed by atoms with van der Waals surface area (Å²) in [5, 5.41) is 2.86. The van der Waals surface area contributed by atoms with Crippen molar-refractivity contribution in [1.29, 1.82) is 0 Å². The molecule has 6 nitrogen and oxygen atoms in total. The van der Waals surface area contributed by atoms with E-state index in [0.717, 1.165) is 25.7 Å². The van der Waals surface area contributed by atoms with Crippen LogP contribution >= 0.6 is 0 Å². The van der Waals surface area contributed by atoms with Crippen LogP contribution in [0.25, 0.3) is 0 Å².